The third-order valence-electron chi connectivity index (χ3n) is 1.08. The van der Waals surface area contributed by atoms with Gasteiger partial charge in [-0.1, -0.05) is 6.92 Å². The summed E-state index contributed by atoms with van der Waals surface area (Å²) in [5.74, 6) is -1.45. The normalized spacial score (nSPS) is 12.7. The fraction of sp³-hybridized carbons (Fsp3) is 0.833. The summed E-state index contributed by atoms with van der Waals surface area (Å²) in [7, 11) is -3.35. The molecular formula is C6H16O5P2. The molecule has 0 bridgehead atoms. The zero-order chi connectivity index (χ0) is 11.1. The van der Waals surface area contributed by atoms with Gasteiger partial charge in [0.05, 0.1) is 0 Å². The van der Waals surface area contributed by atoms with E-state index in [9.17, 15) is 9.36 Å². The van der Waals surface area contributed by atoms with E-state index >= 15 is 0 Å². The number of carbonyl (C=O) groups is 1. The highest BCUT2D eigenvalue weighted by Gasteiger charge is 2.33. The maximum atomic E-state index is 10.3. The lowest BCUT2D eigenvalue weighted by Gasteiger charge is -2.10. The molecule has 7 heteroatoms. The van der Waals surface area contributed by atoms with E-state index in [1.807, 2.05) is 0 Å². The molecule has 0 aliphatic rings. The molecule has 0 aromatic rings. The second kappa shape index (κ2) is 7.45. The van der Waals surface area contributed by atoms with Gasteiger partial charge in [-0.15, -0.1) is 8.58 Å². The maximum Gasteiger partial charge on any atom is 0.339 e. The lowest BCUT2D eigenvalue weighted by Crippen LogP contribution is -2.18. The van der Waals surface area contributed by atoms with Gasteiger partial charge in [0.25, 0.3) is 0 Å². The molecule has 1 atom stereocenters. The summed E-state index contributed by atoms with van der Waals surface area (Å²) < 4.78 is 10.3. The number of hydrogen-bond acceptors (Lipinski definition) is 2. The van der Waals surface area contributed by atoms with Gasteiger partial charge >= 0.3 is 13.6 Å². The zero-order valence-corrected chi connectivity index (χ0v) is 9.78. The Kier molecular flexibility index (Phi) is 8.90. The molecule has 1 unspecified atom stereocenters. The van der Waals surface area contributed by atoms with Crippen molar-refractivity contribution in [3.8, 4) is 0 Å². The summed E-state index contributed by atoms with van der Waals surface area (Å²) in [6.45, 7) is 5.72. The Hall–Kier alpha value is 0.0500. The molecule has 0 aliphatic heterocycles. The van der Waals surface area contributed by atoms with Crippen molar-refractivity contribution in [1.29, 1.82) is 0 Å². The fourth-order valence-electron chi connectivity index (χ4n) is 0.556. The van der Waals surface area contributed by atoms with Crippen LogP contribution in [-0.4, -0.2) is 39.9 Å². The molecule has 0 radical (unpaired) electrons. The van der Waals surface area contributed by atoms with Gasteiger partial charge < -0.3 is 14.9 Å². The third-order valence-corrected chi connectivity index (χ3v) is 2.48. The van der Waals surface area contributed by atoms with Crippen molar-refractivity contribution >= 4 is 22.1 Å². The van der Waals surface area contributed by atoms with E-state index in [0.717, 1.165) is 8.58 Å². The second-order valence-electron chi connectivity index (χ2n) is 2.35. The molecule has 0 rings (SSSR count). The Morgan fingerprint density at radius 2 is 1.77 bits per heavy atom. The minimum Gasteiger partial charge on any atom is -0.481 e. The summed E-state index contributed by atoms with van der Waals surface area (Å²) in [5, 5.41) is 8.22. The van der Waals surface area contributed by atoms with Gasteiger partial charge in [-0.05, 0) is 19.8 Å². The summed E-state index contributed by atoms with van der Waals surface area (Å²) in [5.41, 5.74) is -1.55. The smallest absolute Gasteiger partial charge is 0.339 e. The van der Waals surface area contributed by atoms with Crippen molar-refractivity contribution in [3.63, 3.8) is 0 Å². The van der Waals surface area contributed by atoms with E-state index in [2.05, 4.69) is 13.3 Å². The molecule has 5 nitrogen and oxygen atoms in total. The Bertz CT molecular complexity index is 187. The van der Waals surface area contributed by atoms with Gasteiger partial charge in [-0.25, -0.2) is 0 Å². The van der Waals surface area contributed by atoms with Crippen molar-refractivity contribution < 1.29 is 24.3 Å². The predicted molar refractivity (Wildman–Crippen MR) is 53.9 cm³/mol. The van der Waals surface area contributed by atoms with Crippen LogP contribution in [0.15, 0.2) is 0 Å². The van der Waals surface area contributed by atoms with Crippen molar-refractivity contribution in [2.75, 3.05) is 13.3 Å². The van der Waals surface area contributed by atoms with Crippen LogP contribution in [0.25, 0.3) is 0 Å². The first-order valence-electron chi connectivity index (χ1n) is 3.67. The van der Waals surface area contributed by atoms with E-state index in [-0.39, 0.29) is 6.42 Å². The Morgan fingerprint density at radius 1 is 1.46 bits per heavy atom. The van der Waals surface area contributed by atoms with Crippen molar-refractivity contribution in [2.24, 2.45) is 0 Å². The van der Waals surface area contributed by atoms with Crippen LogP contribution in [0.5, 0.6) is 0 Å². The molecule has 0 heterocycles. The van der Waals surface area contributed by atoms with Gasteiger partial charge in [0.2, 0.25) is 0 Å². The first-order chi connectivity index (χ1) is 5.81. The molecule has 0 saturated carbocycles. The van der Waals surface area contributed by atoms with E-state index < -0.39 is 19.2 Å². The van der Waals surface area contributed by atoms with Gasteiger partial charge in [0, 0.05) is 0 Å². The van der Waals surface area contributed by atoms with Crippen LogP contribution in [0.3, 0.4) is 0 Å². The van der Waals surface area contributed by atoms with Gasteiger partial charge in [0.1, 0.15) is 0 Å². The van der Waals surface area contributed by atoms with E-state index in [0.29, 0.717) is 0 Å². The molecule has 0 aromatic carbocycles. The Balaban J connectivity index is 0. The van der Waals surface area contributed by atoms with E-state index in [4.69, 9.17) is 14.9 Å². The maximum absolute atomic E-state index is 10.3. The van der Waals surface area contributed by atoms with Crippen LogP contribution >= 0.6 is 16.2 Å². The van der Waals surface area contributed by atoms with Crippen LogP contribution in [-0.2, 0) is 9.36 Å². The molecule has 0 amide bonds. The number of rotatable bonds is 3. The average Bonchev–Trinajstić information content (AvgIpc) is 1.85. The first-order valence-corrected chi connectivity index (χ1v) is 7.35. The van der Waals surface area contributed by atoms with Crippen LogP contribution in [0.1, 0.15) is 13.3 Å². The average molecular weight is 230 g/mol. The molecule has 0 spiro atoms. The zero-order valence-electron chi connectivity index (χ0n) is 7.89. The third kappa shape index (κ3) is 8.38. The molecule has 3 N–H and O–H groups in total. The molecule has 0 saturated heterocycles. The van der Waals surface area contributed by atoms with Crippen LogP contribution in [0.4, 0.5) is 0 Å². The SMILES string of the molecule is CCC(C(=O)O)P(=O)(O)O.CPC. The minimum absolute atomic E-state index is 0.0559. The monoisotopic (exact) mass is 230 g/mol. The van der Waals surface area contributed by atoms with E-state index in [1.165, 1.54) is 6.92 Å². The fourth-order valence-corrected chi connectivity index (χ4v) is 1.32. The lowest BCUT2D eigenvalue weighted by atomic mass is 10.3. The number of carboxylic acid groups (broad SMARTS) is 1. The molecule has 0 aromatic heterocycles. The van der Waals surface area contributed by atoms with Gasteiger partial charge in [0.15, 0.2) is 5.66 Å². The topological polar surface area (TPSA) is 94.8 Å². The molecule has 13 heavy (non-hydrogen) atoms. The van der Waals surface area contributed by atoms with Gasteiger partial charge in [-0.2, -0.15) is 0 Å². The quantitative estimate of drug-likeness (QED) is 0.627. The summed E-state index contributed by atoms with van der Waals surface area (Å²) >= 11 is 0. The van der Waals surface area contributed by atoms with Crippen LogP contribution < -0.4 is 0 Å². The molecule has 80 valence electrons. The Labute approximate surface area is 79.5 Å². The Morgan fingerprint density at radius 3 is 1.77 bits per heavy atom. The first kappa shape index (κ1) is 15.5. The summed E-state index contributed by atoms with van der Waals surface area (Å²) in [4.78, 5) is 26.8. The standard InChI is InChI=1S/C4H9O5P.C2H7P/c1-2-3(4(5)6)10(7,8)9;1-3-2/h3H,2H2,1H3,(H,5,6)(H2,7,8,9);3H,1-2H3. The second-order valence-corrected chi connectivity index (χ2v) is 5.15. The predicted octanol–water partition coefficient (Wildman–Crippen LogP) is 0.952. The minimum atomic E-state index is -4.43. The highest BCUT2D eigenvalue weighted by atomic mass is 31.2. The van der Waals surface area contributed by atoms with Crippen molar-refractivity contribution in [1.82, 2.24) is 0 Å². The van der Waals surface area contributed by atoms with Gasteiger partial charge in [-0.3, -0.25) is 9.36 Å². The summed E-state index contributed by atoms with van der Waals surface area (Å²) in [6.07, 6.45) is -0.0559. The highest BCUT2D eigenvalue weighted by molar-refractivity contribution is 7.53. The largest absolute Gasteiger partial charge is 0.481 e. The highest BCUT2D eigenvalue weighted by Crippen LogP contribution is 2.42. The van der Waals surface area contributed by atoms with Crippen LogP contribution in [0.2, 0.25) is 0 Å². The van der Waals surface area contributed by atoms with Crippen LogP contribution in [0, 0.1) is 0 Å². The number of carboxylic acids is 1. The van der Waals surface area contributed by atoms with Crippen molar-refractivity contribution in [3.05, 3.63) is 0 Å². The van der Waals surface area contributed by atoms with Crippen molar-refractivity contribution in [2.45, 2.75) is 19.0 Å². The summed E-state index contributed by atoms with van der Waals surface area (Å²) in [6, 6.07) is 0. The molecular weight excluding hydrogens is 214 g/mol. The number of aliphatic carboxylic acids is 1. The van der Waals surface area contributed by atoms with E-state index in [1.54, 1.807) is 0 Å². The molecule has 0 fully saturated rings. The molecule has 0 aliphatic carbocycles. The number of hydrogen-bond donors (Lipinski definition) is 3. The lowest BCUT2D eigenvalue weighted by molar-refractivity contribution is -0.136.